The van der Waals surface area contributed by atoms with Gasteiger partial charge in [0.1, 0.15) is 11.9 Å². The predicted molar refractivity (Wildman–Crippen MR) is 75.9 cm³/mol. The molecule has 0 bridgehead atoms. The molecule has 0 aromatic heterocycles. The topological polar surface area (TPSA) is 43.4 Å². The molecule has 20 heavy (non-hydrogen) atoms. The molecule has 0 amide bonds. The number of carbonyl (C=O) groups is 2. The van der Waals surface area contributed by atoms with E-state index in [-0.39, 0.29) is 34.7 Å². The second kappa shape index (κ2) is 4.08. The molecule has 0 saturated heterocycles. The summed E-state index contributed by atoms with van der Waals surface area (Å²) in [5.74, 6) is 1.70. The van der Waals surface area contributed by atoms with E-state index in [1.54, 1.807) is 0 Å². The van der Waals surface area contributed by atoms with Gasteiger partial charge in [0.2, 0.25) is 0 Å². The highest BCUT2D eigenvalue weighted by Crippen LogP contribution is 2.74. The Morgan fingerprint density at radius 3 is 2.50 bits per heavy atom. The van der Waals surface area contributed by atoms with Crippen LogP contribution in [0.4, 0.5) is 0 Å². The fourth-order valence-corrected chi connectivity index (χ4v) is 5.68. The SMILES string of the molecule is CC(=O)O[C@@H]1CC[C@@H](C)[C@@]2(C)[C@@H]1CC(=O)[C@@H]1[C@H]2C1(C)C. The van der Waals surface area contributed by atoms with Gasteiger partial charge in [-0.05, 0) is 35.5 Å². The number of fused-ring (bicyclic) bond motifs is 3. The lowest BCUT2D eigenvalue weighted by Gasteiger charge is -2.52. The molecule has 0 aliphatic heterocycles. The van der Waals surface area contributed by atoms with Gasteiger partial charge in [-0.3, -0.25) is 9.59 Å². The minimum atomic E-state index is -0.212. The molecule has 0 aromatic carbocycles. The van der Waals surface area contributed by atoms with E-state index in [1.165, 1.54) is 6.92 Å². The molecule has 0 radical (unpaired) electrons. The highest BCUT2D eigenvalue weighted by atomic mass is 16.5. The lowest BCUT2D eigenvalue weighted by molar-refractivity contribution is -0.166. The van der Waals surface area contributed by atoms with Gasteiger partial charge in [-0.1, -0.05) is 27.7 Å². The highest BCUT2D eigenvalue weighted by molar-refractivity contribution is 5.87. The quantitative estimate of drug-likeness (QED) is 0.692. The molecule has 0 N–H and O–H groups in total. The Kier molecular flexibility index (Phi) is 2.88. The van der Waals surface area contributed by atoms with Gasteiger partial charge in [-0.2, -0.15) is 0 Å². The first-order valence-corrected chi connectivity index (χ1v) is 7.90. The molecular weight excluding hydrogens is 252 g/mol. The van der Waals surface area contributed by atoms with Gasteiger partial charge in [-0.15, -0.1) is 0 Å². The van der Waals surface area contributed by atoms with Crippen LogP contribution in [0.2, 0.25) is 0 Å². The average Bonchev–Trinajstić information content (AvgIpc) is 2.92. The lowest BCUT2D eigenvalue weighted by Crippen LogP contribution is -2.51. The maximum atomic E-state index is 12.4. The molecule has 3 fully saturated rings. The van der Waals surface area contributed by atoms with Crippen molar-refractivity contribution >= 4 is 11.8 Å². The highest BCUT2D eigenvalue weighted by Gasteiger charge is 2.74. The van der Waals surface area contributed by atoms with Gasteiger partial charge in [-0.25, -0.2) is 0 Å². The van der Waals surface area contributed by atoms with E-state index < -0.39 is 0 Å². The maximum absolute atomic E-state index is 12.4. The van der Waals surface area contributed by atoms with Crippen LogP contribution in [0, 0.1) is 34.5 Å². The normalized spacial score (nSPS) is 49.0. The molecule has 3 saturated carbocycles. The molecule has 3 rings (SSSR count). The van der Waals surface area contributed by atoms with Crippen molar-refractivity contribution in [3.63, 3.8) is 0 Å². The van der Waals surface area contributed by atoms with E-state index in [1.807, 2.05) is 0 Å². The molecule has 0 spiro atoms. The van der Waals surface area contributed by atoms with Crippen molar-refractivity contribution in [1.29, 1.82) is 0 Å². The largest absolute Gasteiger partial charge is 0.462 e. The van der Waals surface area contributed by atoms with Crippen LogP contribution in [0.1, 0.15) is 53.9 Å². The Bertz CT molecular complexity index is 467. The molecule has 112 valence electrons. The second-order valence-corrected chi connectivity index (χ2v) is 8.05. The number of hydrogen-bond donors (Lipinski definition) is 0. The number of esters is 1. The van der Waals surface area contributed by atoms with Crippen molar-refractivity contribution < 1.29 is 14.3 Å². The Hall–Kier alpha value is -0.860. The van der Waals surface area contributed by atoms with Gasteiger partial charge in [0.25, 0.3) is 0 Å². The Morgan fingerprint density at radius 2 is 1.90 bits per heavy atom. The molecule has 3 aliphatic carbocycles. The van der Waals surface area contributed by atoms with Gasteiger partial charge in [0.15, 0.2) is 0 Å². The first-order chi connectivity index (χ1) is 9.20. The van der Waals surface area contributed by atoms with Crippen molar-refractivity contribution in [3.05, 3.63) is 0 Å². The number of Topliss-reactive ketones (excluding diaryl/α,β-unsaturated/α-hetero) is 1. The van der Waals surface area contributed by atoms with E-state index in [9.17, 15) is 9.59 Å². The van der Waals surface area contributed by atoms with Crippen molar-refractivity contribution in [3.8, 4) is 0 Å². The first-order valence-electron chi connectivity index (χ1n) is 7.90. The third-order valence-corrected chi connectivity index (χ3v) is 6.78. The predicted octanol–water partition coefficient (Wildman–Crippen LogP) is 3.22. The summed E-state index contributed by atoms with van der Waals surface area (Å²) in [7, 11) is 0. The third-order valence-electron chi connectivity index (χ3n) is 6.78. The van der Waals surface area contributed by atoms with Crippen LogP contribution in [-0.4, -0.2) is 17.9 Å². The molecule has 6 atom stereocenters. The Balaban J connectivity index is 1.96. The first kappa shape index (κ1) is 14.1. The van der Waals surface area contributed by atoms with Crippen LogP contribution in [0.25, 0.3) is 0 Å². The minimum Gasteiger partial charge on any atom is -0.462 e. The minimum absolute atomic E-state index is 0.0602. The summed E-state index contributed by atoms with van der Waals surface area (Å²) in [6.45, 7) is 10.6. The molecule has 3 aliphatic rings. The van der Waals surface area contributed by atoms with Gasteiger partial charge < -0.3 is 4.74 Å². The summed E-state index contributed by atoms with van der Waals surface area (Å²) < 4.78 is 5.57. The number of hydrogen-bond acceptors (Lipinski definition) is 3. The summed E-state index contributed by atoms with van der Waals surface area (Å²) in [5.41, 5.74) is 0.271. The summed E-state index contributed by atoms with van der Waals surface area (Å²) in [6, 6.07) is 0. The molecule has 0 heterocycles. The summed E-state index contributed by atoms with van der Waals surface area (Å²) in [6.07, 6.45) is 2.54. The average molecular weight is 278 g/mol. The number of ketones is 1. The van der Waals surface area contributed by atoms with Gasteiger partial charge >= 0.3 is 5.97 Å². The van der Waals surface area contributed by atoms with Crippen LogP contribution >= 0.6 is 0 Å². The standard InChI is InChI=1S/C17H26O3/c1-9-6-7-13(20-10(2)18)11-8-12(19)14-15(16(14,3)4)17(9,11)5/h9,11,13-15H,6-8H2,1-5H3/t9-,11-,13-,14-,15+,17+/m1/s1. The lowest BCUT2D eigenvalue weighted by atomic mass is 9.54. The summed E-state index contributed by atoms with van der Waals surface area (Å²) in [5, 5.41) is 0. The smallest absolute Gasteiger partial charge is 0.302 e. The van der Waals surface area contributed by atoms with Crippen LogP contribution < -0.4 is 0 Å². The number of ether oxygens (including phenoxy) is 1. The molecular formula is C17H26O3. The van der Waals surface area contributed by atoms with Crippen molar-refractivity contribution in [2.45, 2.75) is 60.0 Å². The van der Waals surface area contributed by atoms with Crippen molar-refractivity contribution in [2.75, 3.05) is 0 Å². The van der Waals surface area contributed by atoms with E-state index in [2.05, 4.69) is 27.7 Å². The summed E-state index contributed by atoms with van der Waals surface area (Å²) >= 11 is 0. The monoisotopic (exact) mass is 278 g/mol. The van der Waals surface area contributed by atoms with E-state index in [0.717, 1.165) is 12.8 Å². The Labute approximate surface area is 121 Å². The zero-order valence-electron chi connectivity index (χ0n) is 13.2. The molecule has 0 unspecified atom stereocenters. The fraction of sp³-hybridized carbons (Fsp3) is 0.882. The summed E-state index contributed by atoms with van der Waals surface area (Å²) in [4.78, 5) is 23.8. The van der Waals surface area contributed by atoms with E-state index in [0.29, 0.717) is 24.0 Å². The zero-order valence-corrected chi connectivity index (χ0v) is 13.2. The van der Waals surface area contributed by atoms with Crippen LogP contribution in [0.5, 0.6) is 0 Å². The van der Waals surface area contributed by atoms with Gasteiger partial charge in [0.05, 0.1) is 0 Å². The molecule has 3 nitrogen and oxygen atoms in total. The van der Waals surface area contributed by atoms with Crippen molar-refractivity contribution in [2.24, 2.45) is 34.5 Å². The third kappa shape index (κ3) is 1.64. The van der Waals surface area contributed by atoms with E-state index >= 15 is 0 Å². The molecule has 3 heteroatoms. The van der Waals surface area contributed by atoms with Crippen molar-refractivity contribution in [1.82, 2.24) is 0 Å². The van der Waals surface area contributed by atoms with Crippen LogP contribution in [0.3, 0.4) is 0 Å². The van der Waals surface area contributed by atoms with Gasteiger partial charge in [0, 0.05) is 25.2 Å². The Morgan fingerprint density at radius 1 is 1.25 bits per heavy atom. The van der Waals surface area contributed by atoms with Crippen LogP contribution in [0.15, 0.2) is 0 Å². The molecule has 0 aromatic rings. The number of rotatable bonds is 1. The number of carbonyl (C=O) groups excluding carboxylic acids is 2. The second-order valence-electron chi connectivity index (χ2n) is 8.05. The fourth-order valence-electron chi connectivity index (χ4n) is 5.68. The van der Waals surface area contributed by atoms with Crippen LogP contribution in [-0.2, 0) is 14.3 Å². The zero-order chi connectivity index (χ0) is 14.9. The van der Waals surface area contributed by atoms with E-state index in [4.69, 9.17) is 4.74 Å². The maximum Gasteiger partial charge on any atom is 0.302 e.